The molecule has 0 unspecified atom stereocenters. The molecular weight excluding hydrogens is 194 g/mol. The van der Waals surface area contributed by atoms with Gasteiger partial charge in [-0.3, -0.25) is 0 Å². The Bertz CT molecular complexity index is 315. The molecule has 0 saturated heterocycles. The van der Waals surface area contributed by atoms with Crippen molar-refractivity contribution in [1.29, 1.82) is 0 Å². The smallest absolute Gasteiger partial charge is 0.371 e. The molecule has 1 aromatic rings. The van der Waals surface area contributed by atoms with E-state index >= 15 is 0 Å². The van der Waals surface area contributed by atoms with Crippen LogP contribution in [0, 0.1) is 0 Å². The monoisotopic (exact) mass is 211 g/mol. The van der Waals surface area contributed by atoms with Crippen LogP contribution in [0.25, 0.3) is 0 Å². The topological polar surface area (TPSA) is 62.5 Å². The fourth-order valence-corrected chi connectivity index (χ4v) is 1.41. The number of carbonyl (C=O) groups is 1. The Labute approximate surface area is 89.3 Å². The van der Waals surface area contributed by atoms with Crippen LogP contribution >= 0.6 is 0 Å². The average Bonchev–Trinajstić information content (AvgIpc) is 2.68. The van der Waals surface area contributed by atoms with Crippen LogP contribution in [0.1, 0.15) is 43.0 Å². The zero-order chi connectivity index (χ0) is 11.3. The normalized spacial score (nSPS) is 10.9. The molecule has 0 amide bonds. The van der Waals surface area contributed by atoms with E-state index in [9.17, 15) is 4.79 Å². The summed E-state index contributed by atoms with van der Waals surface area (Å²) >= 11 is 0. The summed E-state index contributed by atoms with van der Waals surface area (Å²) in [4.78, 5) is 10.6. The average molecular weight is 211 g/mol. The first-order chi connectivity index (χ1) is 7.17. The van der Waals surface area contributed by atoms with Gasteiger partial charge in [-0.05, 0) is 25.0 Å². The molecule has 0 aromatic carbocycles. The third-order valence-corrected chi connectivity index (χ3v) is 2.42. The van der Waals surface area contributed by atoms with Gasteiger partial charge >= 0.3 is 5.97 Å². The van der Waals surface area contributed by atoms with Crippen molar-refractivity contribution in [2.75, 3.05) is 0 Å². The van der Waals surface area contributed by atoms with E-state index < -0.39 is 5.97 Å². The lowest BCUT2D eigenvalue weighted by atomic mass is 10.2. The number of nitrogens with one attached hydrogen (secondary N) is 1. The fraction of sp³-hybridized carbons (Fsp3) is 0.545. The molecule has 0 aliphatic carbocycles. The Morgan fingerprint density at radius 2 is 2.13 bits per heavy atom. The maximum atomic E-state index is 10.6. The molecule has 0 aliphatic rings. The maximum Gasteiger partial charge on any atom is 0.371 e. The van der Waals surface area contributed by atoms with E-state index in [0.717, 1.165) is 12.8 Å². The largest absolute Gasteiger partial charge is 0.475 e. The highest BCUT2D eigenvalue weighted by atomic mass is 16.4. The van der Waals surface area contributed by atoms with Crippen molar-refractivity contribution >= 4 is 5.97 Å². The molecule has 1 rings (SSSR count). The molecule has 15 heavy (non-hydrogen) atoms. The zero-order valence-corrected chi connectivity index (χ0v) is 9.12. The second kappa shape index (κ2) is 5.56. The van der Waals surface area contributed by atoms with E-state index in [-0.39, 0.29) is 5.76 Å². The summed E-state index contributed by atoms with van der Waals surface area (Å²) in [5, 5.41) is 12.0. The first-order valence-electron chi connectivity index (χ1n) is 5.22. The van der Waals surface area contributed by atoms with E-state index in [1.54, 1.807) is 6.07 Å². The van der Waals surface area contributed by atoms with Gasteiger partial charge < -0.3 is 14.8 Å². The Morgan fingerprint density at radius 1 is 1.47 bits per heavy atom. The van der Waals surface area contributed by atoms with Crippen LogP contribution in [0.2, 0.25) is 0 Å². The first kappa shape index (κ1) is 11.8. The second-order valence-electron chi connectivity index (χ2n) is 3.47. The van der Waals surface area contributed by atoms with Crippen molar-refractivity contribution in [3.05, 3.63) is 23.7 Å². The number of hydrogen-bond donors (Lipinski definition) is 2. The Morgan fingerprint density at radius 3 is 2.60 bits per heavy atom. The lowest BCUT2D eigenvalue weighted by Gasteiger charge is -2.12. The van der Waals surface area contributed by atoms with Crippen molar-refractivity contribution in [2.45, 2.75) is 39.3 Å². The van der Waals surface area contributed by atoms with E-state index in [0.29, 0.717) is 18.3 Å². The summed E-state index contributed by atoms with van der Waals surface area (Å²) in [6, 6.07) is 3.63. The van der Waals surface area contributed by atoms with Gasteiger partial charge in [0.2, 0.25) is 5.76 Å². The Hall–Kier alpha value is -1.29. The van der Waals surface area contributed by atoms with Crippen LogP contribution in [0.3, 0.4) is 0 Å². The van der Waals surface area contributed by atoms with E-state index in [1.165, 1.54) is 6.07 Å². The van der Waals surface area contributed by atoms with Gasteiger partial charge in [0, 0.05) is 6.04 Å². The minimum Gasteiger partial charge on any atom is -0.475 e. The quantitative estimate of drug-likeness (QED) is 0.757. The van der Waals surface area contributed by atoms with Crippen molar-refractivity contribution in [3.63, 3.8) is 0 Å². The standard InChI is InChI=1S/C11H17NO3/c1-3-8(4-2)12-7-9-5-6-10(15-9)11(13)14/h5-6,8,12H,3-4,7H2,1-2H3,(H,13,14). The van der Waals surface area contributed by atoms with Crippen LogP contribution in [0.15, 0.2) is 16.5 Å². The van der Waals surface area contributed by atoms with Crippen LogP contribution in [-0.2, 0) is 6.54 Å². The second-order valence-corrected chi connectivity index (χ2v) is 3.47. The minimum absolute atomic E-state index is 0.00338. The molecule has 2 N–H and O–H groups in total. The Kier molecular flexibility index (Phi) is 4.37. The number of carboxylic acid groups (broad SMARTS) is 1. The molecule has 1 aromatic heterocycles. The summed E-state index contributed by atoms with van der Waals surface area (Å²) in [6.07, 6.45) is 2.12. The first-order valence-corrected chi connectivity index (χ1v) is 5.22. The number of carboxylic acids is 1. The minimum atomic E-state index is -1.02. The molecule has 1 heterocycles. The molecule has 0 aliphatic heterocycles. The van der Waals surface area contributed by atoms with Crippen molar-refractivity contribution in [2.24, 2.45) is 0 Å². The highest BCUT2D eigenvalue weighted by Crippen LogP contribution is 2.08. The maximum absolute atomic E-state index is 10.6. The number of rotatable bonds is 6. The number of hydrogen-bond acceptors (Lipinski definition) is 3. The van der Waals surface area contributed by atoms with Gasteiger partial charge in [-0.25, -0.2) is 4.79 Å². The van der Waals surface area contributed by atoms with E-state index in [4.69, 9.17) is 9.52 Å². The van der Waals surface area contributed by atoms with Crippen molar-refractivity contribution in [3.8, 4) is 0 Å². The molecule has 0 bridgehead atoms. The van der Waals surface area contributed by atoms with Crippen molar-refractivity contribution < 1.29 is 14.3 Å². The highest BCUT2D eigenvalue weighted by Gasteiger charge is 2.09. The molecular formula is C11H17NO3. The van der Waals surface area contributed by atoms with Gasteiger partial charge in [0.1, 0.15) is 5.76 Å². The third-order valence-electron chi connectivity index (χ3n) is 2.42. The van der Waals surface area contributed by atoms with Crippen LogP contribution < -0.4 is 5.32 Å². The van der Waals surface area contributed by atoms with Gasteiger partial charge in [-0.15, -0.1) is 0 Å². The lowest BCUT2D eigenvalue weighted by molar-refractivity contribution is 0.0660. The summed E-state index contributed by atoms with van der Waals surface area (Å²) in [5.74, 6) is -0.362. The molecule has 0 atom stereocenters. The molecule has 0 saturated carbocycles. The highest BCUT2D eigenvalue weighted by molar-refractivity contribution is 5.84. The lowest BCUT2D eigenvalue weighted by Crippen LogP contribution is -2.26. The SMILES string of the molecule is CCC(CC)NCc1ccc(C(=O)O)o1. The molecule has 0 spiro atoms. The molecule has 4 nitrogen and oxygen atoms in total. The molecule has 0 fully saturated rings. The van der Waals surface area contributed by atoms with Crippen LogP contribution in [0.4, 0.5) is 0 Å². The predicted molar refractivity (Wildman–Crippen MR) is 56.9 cm³/mol. The van der Waals surface area contributed by atoms with E-state index in [2.05, 4.69) is 19.2 Å². The Balaban J connectivity index is 2.47. The van der Waals surface area contributed by atoms with Gasteiger partial charge in [-0.1, -0.05) is 13.8 Å². The number of aromatic carboxylic acids is 1. The molecule has 84 valence electrons. The van der Waals surface area contributed by atoms with Crippen molar-refractivity contribution in [1.82, 2.24) is 5.32 Å². The van der Waals surface area contributed by atoms with Crippen LogP contribution in [-0.4, -0.2) is 17.1 Å². The van der Waals surface area contributed by atoms with Gasteiger partial charge in [0.25, 0.3) is 0 Å². The van der Waals surface area contributed by atoms with Crippen LogP contribution in [0.5, 0.6) is 0 Å². The zero-order valence-electron chi connectivity index (χ0n) is 9.12. The van der Waals surface area contributed by atoms with Gasteiger partial charge in [0.05, 0.1) is 6.54 Å². The number of furan rings is 1. The third kappa shape index (κ3) is 3.40. The fourth-order valence-electron chi connectivity index (χ4n) is 1.41. The van der Waals surface area contributed by atoms with E-state index in [1.807, 2.05) is 0 Å². The molecule has 0 radical (unpaired) electrons. The predicted octanol–water partition coefficient (Wildman–Crippen LogP) is 2.26. The summed E-state index contributed by atoms with van der Waals surface area (Å²) in [6.45, 7) is 4.82. The summed E-state index contributed by atoms with van der Waals surface area (Å²) < 4.78 is 5.12. The van der Waals surface area contributed by atoms with Gasteiger partial charge in [0.15, 0.2) is 0 Å². The molecule has 4 heteroatoms. The summed E-state index contributed by atoms with van der Waals surface area (Å²) in [5.41, 5.74) is 0. The summed E-state index contributed by atoms with van der Waals surface area (Å²) in [7, 11) is 0. The van der Waals surface area contributed by atoms with Gasteiger partial charge in [-0.2, -0.15) is 0 Å².